The lowest BCUT2D eigenvalue weighted by atomic mass is 9.99. The highest BCUT2D eigenvalue weighted by atomic mass is 32.1. The predicted molar refractivity (Wildman–Crippen MR) is 113 cm³/mol. The fourth-order valence-electron chi connectivity index (χ4n) is 3.10. The molecule has 2 aromatic carbocycles. The summed E-state index contributed by atoms with van der Waals surface area (Å²) in [7, 11) is 0. The zero-order valence-electron chi connectivity index (χ0n) is 15.6. The summed E-state index contributed by atoms with van der Waals surface area (Å²) in [6.45, 7) is 2.07. The van der Waals surface area contributed by atoms with Crippen LogP contribution in [-0.4, -0.2) is 18.5 Å². The summed E-state index contributed by atoms with van der Waals surface area (Å²) in [5, 5.41) is 5.39. The van der Waals surface area contributed by atoms with Crippen molar-refractivity contribution in [1.82, 2.24) is 0 Å². The Morgan fingerprint density at radius 3 is 2.29 bits per heavy atom. The molecule has 0 atom stereocenters. The predicted octanol–water partition coefficient (Wildman–Crippen LogP) is 5.61. The van der Waals surface area contributed by atoms with Gasteiger partial charge in [0, 0.05) is 16.9 Å². The molecule has 1 saturated carbocycles. The Morgan fingerprint density at radius 1 is 1.00 bits per heavy atom. The zero-order valence-corrected chi connectivity index (χ0v) is 16.4. The van der Waals surface area contributed by atoms with Gasteiger partial charge in [-0.15, -0.1) is 11.3 Å². The SMILES string of the molecule is CCOC(=O)c1c(-c2ccc(-c3ccccc3)cc2)csc1NC(=O)C1CC1. The Balaban J connectivity index is 1.67. The summed E-state index contributed by atoms with van der Waals surface area (Å²) in [6.07, 6.45) is 1.83. The summed E-state index contributed by atoms with van der Waals surface area (Å²) < 4.78 is 5.26. The first-order chi connectivity index (χ1) is 13.7. The van der Waals surface area contributed by atoms with Crippen LogP contribution in [0.3, 0.4) is 0 Å². The van der Waals surface area contributed by atoms with Crippen molar-refractivity contribution in [2.45, 2.75) is 19.8 Å². The van der Waals surface area contributed by atoms with Gasteiger partial charge in [-0.2, -0.15) is 0 Å². The molecule has 0 radical (unpaired) electrons. The van der Waals surface area contributed by atoms with Crippen LogP contribution in [0, 0.1) is 5.92 Å². The lowest BCUT2D eigenvalue weighted by Crippen LogP contribution is -2.15. The van der Waals surface area contributed by atoms with Gasteiger partial charge in [0.05, 0.1) is 6.61 Å². The van der Waals surface area contributed by atoms with E-state index in [9.17, 15) is 9.59 Å². The van der Waals surface area contributed by atoms with E-state index >= 15 is 0 Å². The van der Waals surface area contributed by atoms with Crippen molar-refractivity contribution in [2.75, 3.05) is 11.9 Å². The molecular formula is C23H21NO3S. The monoisotopic (exact) mass is 391 g/mol. The van der Waals surface area contributed by atoms with Crippen LogP contribution in [0.1, 0.15) is 30.1 Å². The van der Waals surface area contributed by atoms with Gasteiger partial charge in [-0.25, -0.2) is 4.79 Å². The van der Waals surface area contributed by atoms with Crippen molar-refractivity contribution in [3.8, 4) is 22.3 Å². The van der Waals surface area contributed by atoms with Gasteiger partial charge in [-0.1, -0.05) is 54.6 Å². The van der Waals surface area contributed by atoms with E-state index in [2.05, 4.69) is 17.4 Å². The van der Waals surface area contributed by atoms with Gasteiger partial charge in [0.15, 0.2) is 0 Å². The molecule has 0 bridgehead atoms. The molecule has 1 heterocycles. The second kappa shape index (κ2) is 7.98. The van der Waals surface area contributed by atoms with Crippen molar-refractivity contribution in [3.05, 3.63) is 65.5 Å². The van der Waals surface area contributed by atoms with Crippen molar-refractivity contribution in [2.24, 2.45) is 5.92 Å². The maximum Gasteiger partial charge on any atom is 0.341 e. The quantitative estimate of drug-likeness (QED) is 0.556. The van der Waals surface area contributed by atoms with Gasteiger partial charge < -0.3 is 10.1 Å². The second-order valence-electron chi connectivity index (χ2n) is 6.78. The number of benzene rings is 2. The van der Waals surface area contributed by atoms with E-state index < -0.39 is 5.97 Å². The van der Waals surface area contributed by atoms with Crippen molar-refractivity contribution in [3.63, 3.8) is 0 Å². The fourth-order valence-corrected chi connectivity index (χ4v) is 4.06. The molecular weight excluding hydrogens is 370 g/mol. The van der Waals surface area contributed by atoms with Crippen LogP contribution >= 0.6 is 11.3 Å². The second-order valence-corrected chi connectivity index (χ2v) is 7.66. The van der Waals surface area contributed by atoms with Crippen LogP contribution in [0.25, 0.3) is 22.3 Å². The van der Waals surface area contributed by atoms with Crippen LogP contribution in [0.5, 0.6) is 0 Å². The molecule has 0 spiro atoms. The van der Waals surface area contributed by atoms with Gasteiger partial charge in [0.25, 0.3) is 0 Å². The first-order valence-corrected chi connectivity index (χ1v) is 10.3. The third-order valence-electron chi connectivity index (χ3n) is 4.76. The number of hydrogen-bond acceptors (Lipinski definition) is 4. The minimum Gasteiger partial charge on any atom is -0.462 e. The Labute approximate surface area is 168 Å². The third kappa shape index (κ3) is 3.85. The van der Waals surface area contributed by atoms with Crippen LogP contribution in [0.2, 0.25) is 0 Å². The normalized spacial score (nSPS) is 13.2. The summed E-state index contributed by atoms with van der Waals surface area (Å²) in [6, 6.07) is 18.2. The first-order valence-electron chi connectivity index (χ1n) is 9.42. The fraction of sp³-hybridized carbons (Fsp3) is 0.217. The van der Waals surface area contributed by atoms with Gasteiger partial charge in [0.2, 0.25) is 5.91 Å². The zero-order chi connectivity index (χ0) is 19.5. The number of hydrogen-bond donors (Lipinski definition) is 1. The van der Waals surface area contributed by atoms with Gasteiger partial charge in [0.1, 0.15) is 10.6 Å². The highest BCUT2D eigenvalue weighted by Gasteiger charge is 2.31. The summed E-state index contributed by atoms with van der Waals surface area (Å²) in [5.41, 5.74) is 4.40. The number of carbonyl (C=O) groups is 2. The standard InChI is InChI=1S/C23H21NO3S/c1-2-27-23(26)20-19(14-28-22(20)24-21(25)18-12-13-18)17-10-8-16(9-11-17)15-6-4-3-5-7-15/h3-11,14,18H,2,12-13H2,1H3,(H,24,25). The molecule has 1 fully saturated rings. The molecule has 0 unspecified atom stereocenters. The Hall–Kier alpha value is -2.92. The van der Waals surface area contributed by atoms with E-state index in [1.54, 1.807) is 6.92 Å². The number of esters is 1. The van der Waals surface area contributed by atoms with Crippen LogP contribution in [0.15, 0.2) is 60.0 Å². The summed E-state index contributed by atoms with van der Waals surface area (Å²) in [5.74, 6) is -0.346. The largest absolute Gasteiger partial charge is 0.462 e. The van der Waals surface area contributed by atoms with Crippen molar-refractivity contribution < 1.29 is 14.3 Å². The first kappa shape index (κ1) is 18.4. The molecule has 4 nitrogen and oxygen atoms in total. The molecule has 1 N–H and O–H groups in total. The van der Waals surface area contributed by atoms with E-state index in [4.69, 9.17) is 4.74 Å². The van der Waals surface area contributed by atoms with E-state index in [1.165, 1.54) is 11.3 Å². The molecule has 1 aliphatic rings. The highest BCUT2D eigenvalue weighted by molar-refractivity contribution is 7.15. The van der Waals surface area contributed by atoms with E-state index in [1.807, 2.05) is 47.8 Å². The number of thiophene rings is 1. The topological polar surface area (TPSA) is 55.4 Å². The van der Waals surface area contributed by atoms with Gasteiger partial charge in [-0.3, -0.25) is 4.79 Å². The molecule has 1 amide bonds. The number of rotatable bonds is 6. The number of nitrogens with one attached hydrogen (secondary N) is 1. The third-order valence-corrected chi connectivity index (χ3v) is 5.65. The maximum absolute atomic E-state index is 12.6. The molecule has 1 aromatic heterocycles. The smallest absolute Gasteiger partial charge is 0.341 e. The Bertz CT molecular complexity index is 988. The average Bonchev–Trinajstić information content (AvgIpc) is 3.50. The number of anilines is 1. The van der Waals surface area contributed by atoms with E-state index in [0.717, 1.165) is 35.1 Å². The van der Waals surface area contributed by atoms with E-state index in [-0.39, 0.29) is 18.4 Å². The molecule has 142 valence electrons. The molecule has 4 rings (SSSR count). The molecule has 1 aliphatic carbocycles. The van der Waals surface area contributed by atoms with Gasteiger partial charge >= 0.3 is 5.97 Å². The number of carbonyl (C=O) groups excluding carboxylic acids is 2. The van der Waals surface area contributed by atoms with Crippen molar-refractivity contribution >= 4 is 28.2 Å². The molecule has 28 heavy (non-hydrogen) atoms. The van der Waals surface area contributed by atoms with E-state index in [0.29, 0.717) is 10.6 Å². The highest BCUT2D eigenvalue weighted by Crippen LogP contribution is 2.38. The maximum atomic E-state index is 12.6. The minimum atomic E-state index is -0.406. The Kier molecular flexibility index (Phi) is 5.26. The van der Waals surface area contributed by atoms with Crippen LogP contribution < -0.4 is 5.32 Å². The minimum absolute atomic E-state index is 0.0154. The molecule has 0 aliphatic heterocycles. The van der Waals surface area contributed by atoms with Crippen LogP contribution in [0.4, 0.5) is 5.00 Å². The number of amides is 1. The lowest BCUT2D eigenvalue weighted by Gasteiger charge is -2.09. The summed E-state index contributed by atoms with van der Waals surface area (Å²) >= 11 is 1.37. The lowest BCUT2D eigenvalue weighted by molar-refractivity contribution is -0.117. The molecule has 0 saturated heterocycles. The number of ether oxygens (including phenoxy) is 1. The van der Waals surface area contributed by atoms with Gasteiger partial charge in [-0.05, 0) is 36.5 Å². The summed E-state index contributed by atoms with van der Waals surface area (Å²) in [4.78, 5) is 24.8. The Morgan fingerprint density at radius 2 is 1.64 bits per heavy atom. The average molecular weight is 391 g/mol. The molecule has 5 heteroatoms. The van der Waals surface area contributed by atoms with Crippen molar-refractivity contribution in [1.29, 1.82) is 0 Å². The van der Waals surface area contributed by atoms with Crippen LogP contribution in [-0.2, 0) is 9.53 Å². The molecule has 3 aromatic rings.